The highest BCUT2D eigenvalue weighted by Gasteiger charge is 2.11. The van der Waals surface area contributed by atoms with Gasteiger partial charge in [0.1, 0.15) is 11.6 Å². The number of H-pyrrole nitrogens is 1. The van der Waals surface area contributed by atoms with Crippen LogP contribution in [0.4, 0.5) is 4.39 Å². The van der Waals surface area contributed by atoms with E-state index in [1.54, 1.807) is 33.3 Å². The van der Waals surface area contributed by atoms with Gasteiger partial charge in [-0.2, -0.15) is 0 Å². The summed E-state index contributed by atoms with van der Waals surface area (Å²) in [4.78, 5) is 7.74. The number of aromatic nitrogens is 2. The van der Waals surface area contributed by atoms with Gasteiger partial charge in [0.05, 0.1) is 25.3 Å². The molecular formula is C16H15FN2O2. The maximum absolute atomic E-state index is 13.4. The van der Waals surface area contributed by atoms with Crippen LogP contribution in [-0.2, 0) is 0 Å². The highest BCUT2D eigenvalue weighted by Crippen LogP contribution is 2.32. The lowest BCUT2D eigenvalue weighted by molar-refractivity contribution is 0.356. The Bertz CT molecular complexity index is 770. The Morgan fingerprint density at radius 3 is 2.43 bits per heavy atom. The zero-order valence-corrected chi connectivity index (χ0v) is 12.0. The van der Waals surface area contributed by atoms with Gasteiger partial charge in [0, 0.05) is 17.7 Å². The maximum Gasteiger partial charge on any atom is 0.163 e. The number of rotatable bonds is 3. The van der Waals surface area contributed by atoms with Crippen molar-refractivity contribution in [2.45, 2.75) is 6.92 Å². The number of methoxy groups -OCH3 is 2. The molecule has 0 amide bonds. The van der Waals surface area contributed by atoms with Crippen LogP contribution in [0.1, 0.15) is 5.56 Å². The van der Waals surface area contributed by atoms with E-state index in [9.17, 15) is 4.39 Å². The zero-order valence-electron chi connectivity index (χ0n) is 12.0. The Kier molecular flexibility index (Phi) is 3.25. The van der Waals surface area contributed by atoms with Crippen molar-refractivity contribution < 1.29 is 13.9 Å². The number of fused-ring (bicyclic) bond motifs is 1. The third-order valence-electron chi connectivity index (χ3n) is 3.42. The highest BCUT2D eigenvalue weighted by molar-refractivity contribution is 5.83. The van der Waals surface area contributed by atoms with Gasteiger partial charge in [0.15, 0.2) is 11.5 Å². The summed E-state index contributed by atoms with van der Waals surface area (Å²) >= 11 is 0. The minimum Gasteiger partial charge on any atom is -0.493 e. The second-order valence-electron chi connectivity index (χ2n) is 4.77. The summed E-state index contributed by atoms with van der Waals surface area (Å²) in [6, 6.07) is 8.56. The minimum atomic E-state index is -0.224. The Morgan fingerprint density at radius 2 is 1.76 bits per heavy atom. The normalized spacial score (nSPS) is 10.9. The second kappa shape index (κ2) is 5.09. The van der Waals surface area contributed by atoms with Gasteiger partial charge >= 0.3 is 0 Å². The van der Waals surface area contributed by atoms with E-state index in [1.807, 2.05) is 12.1 Å². The lowest BCUT2D eigenvalue weighted by atomic mass is 10.1. The number of imidazole rings is 1. The summed E-state index contributed by atoms with van der Waals surface area (Å²) < 4.78 is 23.9. The van der Waals surface area contributed by atoms with E-state index in [4.69, 9.17) is 9.47 Å². The first-order chi connectivity index (χ1) is 10.1. The molecular weight excluding hydrogens is 271 g/mol. The fourth-order valence-electron chi connectivity index (χ4n) is 2.27. The molecule has 0 fully saturated rings. The van der Waals surface area contributed by atoms with Crippen LogP contribution in [0.5, 0.6) is 11.5 Å². The van der Waals surface area contributed by atoms with E-state index in [-0.39, 0.29) is 5.82 Å². The molecule has 1 aromatic heterocycles. The second-order valence-corrected chi connectivity index (χ2v) is 4.77. The van der Waals surface area contributed by atoms with Gasteiger partial charge in [-0.05, 0) is 30.7 Å². The lowest BCUT2D eigenvalue weighted by Gasteiger charge is -2.06. The fourth-order valence-corrected chi connectivity index (χ4v) is 2.27. The molecule has 0 radical (unpaired) electrons. The maximum atomic E-state index is 13.4. The molecule has 5 heteroatoms. The summed E-state index contributed by atoms with van der Waals surface area (Å²) in [5, 5.41) is 0. The molecule has 0 aliphatic carbocycles. The topological polar surface area (TPSA) is 47.1 Å². The first kappa shape index (κ1) is 13.4. The molecule has 2 aromatic carbocycles. The predicted molar refractivity (Wildman–Crippen MR) is 79.3 cm³/mol. The van der Waals surface area contributed by atoms with E-state index in [0.717, 1.165) is 16.6 Å². The third kappa shape index (κ3) is 2.31. The van der Waals surface area contributed by atoms with Crippen molar-refractivity contribution in [1.82, 2.24) is 9.97 Å². The molecule has 1 N–H and O–H groups in total. The summed E-state index contributed by atoms with van der Waals surface area (Å²) in [7, 11) is 3.17. The number of ether oxygens (including phenoxy) is 2. The van der Waals surface area contributed by atoms with E-state index < -0.39 is 0 Å². The molecule has 0 saturated heterocycles. The first-order valence-electron chi connectivity index (χ1n) is 6.50. The molecule has 3 rings (SSSR count). The van der Waals surface area contributed by atoms with Crippen molar-refractivity contribution in [3.63, 3.8) is 0 Å². The largest absolute Gasteiger partial charge is 0.493 e. The van der Waals surface area contributed by atoms with E-state index >= 15 is 0 Å². The molecule has 21 heavy (non-hydrogen) atoms. The van der Waals surface area contributed by atoms with Crippen LogP contribution in [0.25, 0.3) is 22.4 Å². The number of nitrogens with one attached hydrogen (secondary N) is 1. The minimum absolute atomic E-state index is 0.224. The number of aryl methyl sites for hydroxylation is 1. The number of hydrogen-bond donors (Lipinski definition) is 1. The van der Waals surface area contributed by atoms with Crippen LogP contribution >= 0.6 is 0 Å². The summed E-state index contributed by atoms with van der Waals surface area (Å²) in [6.07, 6.45) is 0. The number of halogens is 1. The van der Waals surface area contributed by atoms with E-state index in [1.165, 1.54) is 6.07 Å². The van der Waals surface area contributed by atoms with Crippen molar-refractivity contribution in [3.8, 4) is 22.9 Å². The molecule has 0 saturated carbocycles. The smallest absolute Gasteiger partial charge is 0.163 e. The quantitative estimate of drug-likeness (QED) is 0.798. The molecule has 0 aliphatic heterocycles. The third-order valence-corrected chi connectivity index (χ3v) is 3.42. The number of aromatic amines is 1. The predicted octanol–water partition coefficient (Wildman–Crippen LogP) is 3.69. The van der Waals surface area contributed by atoms with Gasteiger partial charge in [0.2, 0.25) is 0 Å². The van der Waals surface area contributed by atoms with Crippen LogP contribution in [0.3, 0.4) is 0 Å². The van der Waals surface area contributed by atoms with Crippen molar-refractivity contribution in [2.75, 3.05) is 14.2 Å². The molecule has 108 valence electrons. The summed E-state index contributed by atoms with van der Waals surface area (Å²) in [5.74, 6) is 1.72. The number of benzene rings is 2. The molecule has 0 atom stereocenters. The molecule has 4 nitrogen and oxygen atoms in total. The lowest BCUT2D eigenvalue weighted by Crippen LogP contribution is -1.89. The molecule has 0 bridgehead atoms. The average Bonchev–Trinajstić information content (AvgIpc) is 2.91. The number of hydrogen-bond acceptors (Lipinski definition) is 3. The average molecular weight is 286 g/mol. The monoisotopic (exact) mass is 286 g/mol. The first-order valence-corrected chi connectivity index (χ1v) is 6.50. The van der Waals surface area contributed by atoms with Gasteiger partial charge in [0.25, 0.3) is 0 Å². The van der Waals surface area contributed by atoms with Gasteiger partial charge in [-0.15, -0.1) is 0 Å². The van der Waals surface area contributed by atoms with Gasteiger partial charge in [-0.25, -0.2) is 9.37 Å². The van der Waals surface area contributed by atoms with Crippen LogP contribution in [-0.4, -0.2) is 24.2 Å². The Labute approximate surface area is 121 Å². The van der Waals surface area contributed by atoms with Crippen molar-refractivity contribution in [3.05, 3.63) is 41.7 Å². The van der Waals surface area contributed by atoms with Gasteiger partial charge in [-0.3, -0.25) is 0 Å². The van der Waals surface area contributed by atoms with Crippen LogP contribution < -0.4 is 9.47 Å². The van der Waals surface area contributed by atoms with Crippen molar-refractivity contribution >= 4 is 11.0 Å². The van der Waals surface area contributed by atoms with Crippen molar-refractivity contribution in [2.24, 2.45) is 0 Å². The van der Waals surface area contributed by atoms with Crippen molar-refractivity contribution in [1.29, 1.82) is 0 Å². The van der Waals surface area contributed by atoms with Crippen LogP contribution in [0, 0.1) is 12.7 Å². The SMILES string of the molecule is COc1cc2nc(-c3ccc(F)c(C)c3)[nH]c2cc1OC. The zero-order chi connectivity index (χ0) is 15.0. The Hall–Kier alpha value is -2.56. The van der Waals surface area contributed by atoms with Gasteiger partial charge < -0.3 is 14.5 Å². The fraction of sp³-hybridized carbons (Fsp3) is 0.188. The van der Waals surface area contributed by atoms with Crippen LogP contribution in [0.2, 0.25) is 0 Å². The molecule has 0 unspecified atom stereocenters. The van der Waals surface area contributed by atoms with E-state index in [0.29, 0.717) is 22.9 Å². The number of nitrogens with zero attached hydrogens (tertiary/aromatic N) is 1. The Balaban J connectivity index is 2.14. The summed E-state index contributed by atoms with van der Waals surface area (Å²) in [6.45, 7) is 1.73. The highest BCUT2D eigenvalue weighted by atomic mass is 19.1. The van der Waals surface area contributed by atoms with E-state index in [2.05, 4.69) is 9.97 Å². The molecule has 1 heterocycles. The molecule has 3 aromatic rings. The standard InChI is InChI=1S/C16H15FN2O2/c1-9-6-10(4-5-11(9)17)16-18-12-7-14(20-2)15(21-3)8-13(12)19-16/h4-8H,1-3H3,(H,18,19). The van der Waals surface area contributed by atoms with Gasteiger partial charge in [-0.1, -0.05) is 0 Å². The molecule has 0 spiro atoms. The Morgan fingerprint density at radius 1 is 1.05 bits per heavy atom. The molecule has 0 aliphatic rings. The summed E-state index contributed by atoms with van der Waals surface area (Å²) in [5.41, 5.74) is 3.03. The van der Waals surface area contributed by atoms with Crippen LogP contribution in [0.15, 0.2) is 30.3 Å².